The predicted molar refractivity (Wildman–Crippen MR) is 113 cm³/mol. The molecular formula is C26H27N. The molecule has 0 aromatic heterocycles. The second kappa shape index (κ2) is 6.88. The Morgan fingerprint density at radius 2 is 1.59 bits per heavy atom. The number of hydrogen-bond acceptors (Lipinski definition) is 1. The van der Waals surface area contributed by atoms with E-state index >= 15 is 0 Å². The van der Waals surface area contributed by atoms with Crippen molar-refractivity contribution in [3.8, 4) is 0 Å². The summed E-state index contributed by atoms with van der Waals surface area (Å²) in [5, 5.41) is 0. The molecule has 5 rings (SSSR count). The molecule has 0 amide bonds. The van der Waals surface area contributed by atoms with Gasteiger partial charge in [0.1, 0.15) is 0 Å². The van der Waals surface area contributed by atoms with Gasteiger partial charge in [-0.25, -0.2) is 0 Å². The van der Waals surface area contributed by atoms with Gasteiger partial charge < -0.3 is 4.90 Å². The molecule has 0 spiro atoms. The van der Waals surface area contributed by atoms with Crippen LogP contribution in [0.15, 0.2) is 78.9 Å². The quantitative estimate of drug-likeness (QED) is 0.545. The Hall–Kier alpha value is -2.54. The van der Waals surface area contributed by atoms with Crippen molar-refractivity contribution in [2.24, 2.45) is 5.92 Å². The van der Waals surface area contributed by atoms with Crippen molar-refractivity contribution in [1.29, 1.82) is 0 Å². The van der Waals surface area contributed by atoms with E-state index in [1.807, 2.05) is 0 Å². The van der Waals surface area contributed by atoms with Gasteiger partial charge in [-0.1, -0.05) is 85.8 Å². The summed E-state index contributed by atoms with van der Waals surface area (Å²) in [6.07, 6.45) is 3.60. The molecule has 0 aliphatic carbocycles. The summed E-state index contributed by atoms with van der Waals surface area (Å²) in [6, 6.07) is 29.7. The van der Waals surface area contributed by atoms with Crippen LogP contribution in [-0.4, -0.2) is 6.54 Å². The number of aryl methyl sites for hydroxylation is 1. The van der Waals surface area contributed by atoms with Crippen LogP contribution in [0.5, 0.6) is 0 Å². The number of nitrogens with zero attached hydrogens (tertiary/aromatic N) is 1. The molecule has 0 saturated carbocycles. The molecule has 0 radical (unpaired) electrons. The molecule has 2 heterocycles. The minimum atomic E-state index is 0.454. The maximum Gasteiger partial charge on any atom is 0.0579 e. The maximum atomic E-state index is 2.73. The molecule has 0 saturated heterocycles. The number of benzene rings is 3. The highest BCUT2D eigenvalue weighted by Crippen LogP contribution is 2.52. The zero-order valence-corrected chi connectivity index (χ0v) is 16.0. The number of hydrogen-bond donors (Lipinski definition) is 0. The van der Waals surface area contributed by atoms with Crippen LogP contribution < -0.4 is 4.90 Å². The monoisotopic (exact) mass is 353 g/mol. The van der Waals surface area contributed by atoms with Gasteiger partial charge in [-0.15, -0.1) is 0 Å². The highest BCUT2D eigenvalue weighted by atomic mass is 15.2. The number of rotatable bonds is 3. The van der Waals surface area contributed by atoms with E-state index in [1.54, 1.807) is 11.1 Å². The van der Waals surface area contributed by atoms with Crippen molar-refractivity contribution < 1.29 is 0 Å². The normalized spacial score (nSPS) is 23.7. The zero-order chi connectivity index (χ0) is 18.2. The Balaban J connectivity index is 1.65. The van der Waals surface area contributed by atoms with E-state index in [0.29, 0.717) is 17.9 Å². The molecule has 0 N–H and O–H groups in total. The summed E-state index contributed by atoms with van der Waals surface area (Å²) in [6.45, 7) is 3.62. The average molecular weight is 354 g/mol. The summed E-state index contributed by atoms with van der Waals surface area (Å²) in [5.41, 5.74) is 7.55. The van der Waals surface area contributed by atoms with Gasteiger partial charge in [-0.3, -0.25) is 0 Å². The lowest BCUT2D eigenvalue weighted by molar-refractivity contribution is 0.324. The first-order chi connectivity index (χ1) is 13.3. The summed E-state index contributed by atoms with van der Waals surface area (Å²) in [7, 11) is 0. The molecule has 136 valence electrons. The van der Waals surface area contributed by atoms with E-state index < -0.39 is 0 Å². The lowest BCUT2D eigenvalue weighted by Crippen LogP contribution is -2.44. The predicted octanol–water partition coefficient (Wildman–Crippen LogP) is 6.16. The molecule has 1 nitrogen and oxygen atoms in total. The molecule has 3 aromatic rings. The smallest absolute Gasteiger partial charge is 0.0579 e. The lowest BCUT2D eigenvalue weighted by Gasteiger charge is -2.50. The highest BCUT2D eigenvalue weighted by molar-refractivity contribution is 5.66. The van der Waals surface area contributed by atoms with Gasteiger partial charge in [0.15, 0.2) is 0 Å². The average Bonchev–Trinajstić information content (AvgIpc) is 2.73. The Bertz CT molecular complexity index is 915. The summed E-state index contributed by atoms with van der Waals surface area (Å²) >= 11 is 0. The Morgan fingerprint density at radius 3 is 2.37 bits per heavy atom. The van der Waals surface area contributed by atoms with Gasteiger partial charge in [0, 0.05) is 12.2 Å². The van der Waals surface area contributed by atoms with Gasteiger partial charge in [-0.2, -0.15) is 0 Å². The van der Waals surface area contributed by atoms with Crippen molar-refractivity contribution in [3.05, 3.63) is 101 Å². The van der Waals surface area contributed by atoms with Crippen LogP contribution >= 0.6 is 0 Å². The van der Waals surface area contributed by atoms with Crippen molar-refractivity contribution in [2.75, 3.05) is 11.4 Å². The van der Waals surface area contributed by atoms with E-state index in [1.165, 1.54) is 36.2 Å². The summed E-state index contributed by atoms with van der Waals surface area (Å²) in [5.74, 6) is 1.13. The molecule has 0 fully saturated rings. The van der Waals surface area contributed by atoms with Crippen molar-refractivity contribution in [2.45, 2.75) is 38.1 Å². The molecule has 3 aromatic carbocycles. The summed E-state index contributed by atoms with van der Waals surface area (Å²) in [4.78, 5) is 2.73. The number of para-hydroxylation sites is 1. The lowest BCUT2D eigenvalue weighted by atomic mass is 9.70. The van der Waals surface area contributed by atoms with Crippen LogP contribution in [0, 0.1) is 5.92 Å². The van der Waals surface area contributed by atoms with Crippen LogP contribution in [0.3, 0.4) is 0 Å². The fourth-order valence-electron chi connectivity index (χ4n) is 5.35. The molecular weight excluding hydrogens is 326 g/mol. The van der Waals surface area contributed by atoms with E-state index in [2.05, 4.69) is 90.7 Å². The van der Waals surface area contributed by atoms with E-state index in [0.717, 1.165) is 6.42 Å². The largest absolute Gasteiger partial charge is 0.364 e. The van der Waals surface area contributed by atoms with Crippen molar-refractivity contribution in [3.63, 3.8) is 0 Å². The first-order valence-electron chi connectivity index (χ1n) is 10.3. The third-order valence-corrected chi connectivity index (χ3v) is 6.61. The zero-order valence-electron chi connectivity index (χ0n) is 16.0. The molecule has 2 aliphatic heterocycles. The SMILES string of the molecule is C[C@@H]1c2cccc3c2N(CCC3)[C@H](c2ccccc2)[C@H]1Cc1ccccc1. The van der Waals surface area contributed by atoms with Crippen LogP contribution in [0.4, 0.5) is 5.69 Å². The third-order valence-electron chi connectivity index (χ3n) is 6.61. The molecule has 0 unspecified atom stereocenters. The fourth-order valence-corrected chi connectivity index (χ4v) is 5.35. The fraction of sp³-hybridized carbons (Fsp3) is 0.308. The van der Waals surface area contributed by atoms with Crippen LogP contribution in [-0.2, 0) is 12.8 Å². The molecule has 27 heavy (non-hydrogen) atoms. The second-order valence-corrected chi connectivity index (χ2v) is 8.15. The van der Waals surface area contributed by atoms with Crippen LogP contribution in [0.25, 0.3) is 0 Å². The first-order valence-corrected chi connectivity index (χ1v) is 10.3. The third kappa shape index (κ3) is 2.86. The molecule has 1 heteroatoms. The minimum absolute atomic E-state index is 0.454. The van der Waals surface area contributed by atoms with Gasteiger partial charge in [0.05, 0.1) is 6.04 Å². The van der Waals surface area contributed by atoms with Gasteiger partial charge in [-0.05, 0) is 53.4 Å². The number of anilines is 1. The Kier molecular flexibility index (Phi) is 4.24. The molecule has 0 bridgehead atoms. The summed E-state index contributed by atoms with van der Waals surface area (Å²) < 4.78 is 0. The van der Waals surface area contributed by atoms with Crippen molar-refractivity contribution in [1.82, 2.24) is 0 Å². The maximum absolute atomic E-state index is 2.73. The van der Waals surface area contributed by atoms with E-state index in [9.17, 15) is 0 Å². The van der Waals surface area contributed by atoms with Crippen LogP contribution in [0.1, 0.15) is 47.6 Å². The van der Waals surface area contributed by atoms with Crippen molar-refractivity contribution >= 4 is 5.69 Å². The second-order valence-electron chi connectivity index (χ2n) is 8.15. The van der Waals surface area contributed by atoms with E-state index in [-0.39, 0.29) is 0 Å². The van der Waals surface area contributed by atoms with Crippen LogP contribution in [0.2, 0.25) is 0 Å². The van der Waals surface area contributed by atoms with Gasteiger partial charge in [0.2, 0.25) is 0 Å². The molecule has 2 aliphatic rings. The Labute approximate surface area is 162 Å². The minimum Gasteiger partial charge on any atom is -0.364 e. The highest BCUT2D eigenvalue weighted by Gasteiger charge is 2.41. The van der Waals surface area contributed by atoms with Gasteiger partial charge >= 0.3 is 0 Å². The Morgan fingerprint density at radius 1 is 0.852 bits per heavy atom. The van der Waals surface area contributed by atoms with Gasteiger partial charge in [0.25, 0.3) is 0 Å². The standard InChI is InChI=1S/C26H27N/c1-19-23-16-8-14-22-15-9-17-27(25(22)23)26(21-12-6-3-7-13-21)24(19)18-20-10-4-2-5-11-20/h2-8,10-14,16,19,24,26H,9,15,17-18H2,1H3/t19-,24+,26-/m1/s1. The topological polar surface area (TPSA) is 3.24 Å². The molecule has 3 atom stereocenters. The first kappa shape index (κ1) is 16.6. The van der Waals surface area contributed by atoms with E-state index in [4.69, 9.17) is 0 Å².